The van der Waals surface area contributed by atoms with Crippen LogP contribution in [0.15, 0.2) is 17.1 Å². The molecule has 2 N–H and O–H groups in total. The Hall–Kier alpha value is -1.62. The summed E-state index contributed by atoms with van der Waals surface area (Å²) in [4.78, 5) is 28.6. The van der Waals surface area contributed by atoms with E-state index in [0.717, 1.165) is 12.2 Å². The van der Waals surface area contributed by atoms with E-state index < -0.39 is 0 Å². The number of carbonyl (C=O) groups is 1. The lowest BCUT2D eigenvalue weighted by Crippen LogP contribution is -2.41. The van der Waals surface area contributed by atoms with Crippen LogP contribution in [-0.4, -0.2) is 43.0 Å². The first-order chi connectivity index (χ1) is 8.71. The fourth-order valence-corrected chi connectivity index (χ4v) is 2.08. The number of amides is 1. The summed E-state index contributed by atoms with van der Waals surface area (Å²) in [6, 6.07) is 1.43. The number of aryl methyl sites for hydroxylation is 1. The highest BCUT2D eigenvalue weighted by Crippen LogP contribution is 2.14. The first-order valence-electron chi connectivity index (χ1n) is 6.33. The molecule has 0 radical (unpaired) electrons. The molecule has 0 unspecified atom stereocenters. The van der Waals surface area contributed by atoms with Gasteiger partial charge in [-0.15, -0.1) is 0 Å². The Morgan fingerprint density at radius 2 is 2.05 bits per heavy atom. The monoisotopic (exact) mass is 265 g/mol. The highest BCUT2D eigenvalue weighted by Gasteiger charge is 2.20. The van der Waals surface area contributed by atoms with Crippen molar-refractivity contribution in [2.45, 2.75) is 20.8 Å². The summed E-state index contributed by atoms with van der Waals surface area (Å²) in [5.74, 6) is -0.326. The van der Waals surface area contributed by atoms with Crippen molar-refractivity contribution in [1.82, 2.24) is 15.2 Å². The minimum Gasteiger partial charge on any atom is -0.364 e. The molecule has 19 heavy (non-hydrogen) atoms. The lowest BCUT2D eigenvalue weighted by atomic mass is 9.93. The lowest BCUT2D eigenvalue weighted by molar-refractivity contribution is 0.0928. The molecule has 5 nitrogen and oxygen atoms in total. The molecule has 1 amide bonds. The number of H-pyrrole nitrogens is 1. The van der Waals surface area contributed by atoms with E-state index >= 15 is 0 Å². The van der Waals surface area contributed by atoms with E-state index in [1.54, 1.807) is 6.92 Å². The summed E-state index contributed by atoms with van der Waals surface area (Å²) in [7, 11) is 3.99. The van der Waals surface area contributed by atoms with E-state index in [1.165, 1.54) is 12.3 Å². The average molecular weight is 265 g/mol. The van der Waals surface area contributed by atoms with Crippen LogP contribution in [0.3, 0.4) is 0 Å². The van der Waals surface area contributed by atoms with Crippen molar-refractivity contribution in [2.24, 2.45) is 5.41 Å². The van der Waals surface area contributed by atoms with E-state index in [4.69, 9.17) is 0 Å². The van der Waals surface area contributed by atoms with Gasteiger partial charge in [-0.1, -0.05) is 13.8 Å². The number of hydrogen-bond donors (Lipinski definition) is 2. The molecule has 0 aliphatic heterocycles. The molecule has 0 bridgehead atoms. The van der Waals surface area contributed by atoms with Crippen LogP contribution in [0.25, 0.3) is 0 Å². The van der Waals surface area contributed by atoms with Gasteiger partial charge in [0.2, 0.25) is 0 Å². The molecule has 1 heterocycles. The third-order valence-electron chi connectivity index (χ3n) is 2.77. The molecule has 1 aromatic heterocycles. The van der Waals surface area contributed by atoms with Gasteiger partial charge in [-0.3, -0.25) is 9.59 Å². The normalized spacial score (nSPS) is 11.7. The Morgan fingerprint density at radius 3 is 2.58 bits per heavy atom. The van der Waals surface area contributed by atoms with Gasteiger partial charge in [-0.2, -0.15) is 0 Å². The Balaban J connectivity index is 2.68. The van der Waals surface area contributed by atoms with Crippen LogP contribution in [0.5, 0.6) is 0 Å². The summed E-state index contributed by atoms with van der Waals surface area (Å²) in [5.41, 5.74) is 0.608. The van der Waals surface area contributed by atoms with Gasteiger partial charge in [0.05, 0.1) is 0 Å². The van der Waals surface area contributed by atoms with E-state index in [0.29, 0.717) is 6.54 Å². The topological polar surface area (TPSA) is 65.2 Å². The van der Waals surface area contributed by atoms with E-state index in [2.05, 4.69) is 29.0 Å². The molecule has 0 aliphatic carbocycles. The largest absolute Gasteiger partial charge is 0.364 e. The van der Waals surface area contributed by atoms with Gasteiger partial charge in [-0.25, -0.2) is 0 Å². The Bertz CT molecular complexity index is 504. The molecule has 106 valence electrons. The van der Waals surface area contributed by atoms with Crippen molar-refractivity contribution < 1.29 is 4.79 Å². The second-order valence-corrected chi connectivity index (χ2v) is 5.98. The van der Waals surface area contributed by atoms with Gasteiger partial charge in [0.15, 0.2) is 5.43 Å². The zero-order valence-electron chi connectivity index (χ0n) is 12.3. The molecule has 0 aromatic carbocycles. The van der Waals surface area contributed by atoms with Crippen LogP contribution in [0.1, 0.15) is 29.9 Å². The predicted molar refractivity (Wildman–Crippen MR) is 76.5 cm³/mol. The van der Waals surface area contributed by atoms with Crippen LogP contribution in [0, 0.1) is 12.3 Å². The molecular formula is C14H23N3O2. The minimum atomic E-state index is -0.326. The summed E-state index contributed by atoms with van der Waals surface area (Å²) < 4.78 is 0. The molecule has 0 fully saturated rings. The van der Waals surface area contributed by atoms with E-state index in [-0.39, 0.29) is 22.3 Å². The maximum atomic E-state index is 12.0. The number of pyridine rings is 1. The Labute approximate surface area is 114 Å². The van der Waals surface area contributed by atoms with Gasteiger partial charge < -0.3 is 15.2 Å². The number of nitrogens with zero attached hydrogens (tertiary/aromatic N) is 1. The van der Waals surface area contributed by atoms with Gasteiger partial charge in [0.25, 0.3) is 5.91 Å². The van der Waals surface area contributed by atoms with Gasteiger partial charge in [0, 0.05) is 31.0 Å². The smallest absolute Gasteiger partial charge is 0.256 e. The second-order valence-electron chi connectivity index (χ2n) is 5.98. The summed E-state index contributed by atoms with van der Waals surface area (Å²) in [5, 5.41) is 2.82. The van der Waals surface area contributed by atoms with Crippen molar-refractivity contribution in [1.29, 1.82) is 0 Å². The SMILES string of the molecule is Cc1cc(=O)c(C(=O)NCC(C)(C)CN(C)C)c[nH]1. The summed E-state index contributed by atoms with van der Waals surface area (Å²) in [6.45, 7) is 7.32. The quantitative estimate of drug-likeness (QED) is 0.835. The fourth-order valence-electron chi connectivity index (χ4n) is 2.08. The van der Waals surface area contributed by atoms with Crippen molar-refractivity contribution in [2.75, 3.05) is 27.2 Å². The maximum Gasteiger partial charge on any atom is 0.256 e. The Kier molecular flexibility index (Phi) is 4.89. The number of aromatic nitrogens is 1. The first-order valence-corrected chi connectivity index (χ1v) is 6.33. The number of hydrogen-bond acceptors (Lipinski definition) is 3. The van der Waals surface area contributed by atoms with Crippen LogP contribution in [-0.2, 0) is 0 Å². The predicted octanol–water partition coefficient (Wildman–Crippen LogP) is 1.00. The van der Waals surface area contributed by atoms with E-state index in [1.807, 2.05) is 14.1 Å². The Morgan fingerprint density at radius 1 is 1.42 bits per heavy atom. The van der Waals surface area contributed by atoms with Crippen molar-refractivity contribution >= 4 is 5.91 Å². The molecule has 0 aliphatic rings. The second kappa shape index (κ2) is 6.02. The molecule has 0 spiro atoms. The molecule has 5 heteroatoms. The summed E-state index contributed by atoms with van der Waals surface area (Å²) >= 11 is 0. The first kappa shape index (κ1) is 15.4. The van der Waals surface area contributed by atoms with Gasteiger partial charge in [-0.05, 0) is 26.4 Å². The van der Waals surface area contributed by atoms with Crippen molar-refractivity contribution in [3.05, 3.63) is 33.7 Å². The van der Waals surface area contributed by atoms with Crippen molar-refractivity contribution in [3.8, 4) is 0 Å². The number of rotatable bonds is 5. The number of carbonyl (C=O) groups excluding carboxylic acids is 1. The fraction of sp³-hybridized carbons (Fsp3) is 0.571. The van der Waals surface area contributed by atoms with Crippen LogP contribution >= 0.6 is 0 Å². The molecule has 1 aromatic rings. The molecular weight excluding hydrogens is 242 g/mol. The molecule has 0 saturated carbocycles. The van der Waals surface area contributed by atoms with Crippen LogP contribution in [0.4, 0.5) is 0 Å². The molecule has 1 rings (SSSR count). The van der Waals surface area contributed by atoms with Gasteiger partial charge in [0.1, 0.15) is 5.56 Å². The van der Waals surface area contributed by atoms with Crippen molar-refractivity contribution in [3.63, 3.8) is 0 Å². The highest BCUT2D eigenvalue weighted by molar-refractivity contribution is 5.93. The van der Waals surface area contributed by atoms with Crippen LogP contribution in [0.2, 0.25) is 0 Å². The number of nitrogens with one attached hydrogen (secondary N) is 2. The lowest BCUT2D eigenvalue weighted by Gasteiger charge is -2.28. The van der Waals surface area contributed by atoms with E-state index in [9.17, 15) is 9.59 Å². The van der Waals surface area contributed by atoms with Crippen LogP contribution < -0.4 is 10.7 Å². The molecule has 0 atom stereocenters. The number of aromatic amines is 1. The third-order valence-corrected chi connectivity index (χ3v) is 2.77. The third kappa shape index (κ3) is 4.87. The minimum absolute atomic E-state index is 0.0450. The maximum absolute atomic E-state index is 12.0. The highest BCUT2D eigenvalue weighted by atomic mass is 16.2. The van der Waals surface area contributed by atoms with Gasteiger partial charge >= 0.3 is 0 Å². The average Bonchev–Trinajstić information content (AvgIpc) is 2.24. The zero-order valence-corrected chi connectivity index (χ0v) is 12.3. The summed E-state index contributed by atoms with van der Waals surface area (Å²) in [6.07, 6.45) is 1.46. The standard InChI is InChI=1S/C14H23N3O2/c1-10-6-12(18)11(7-15-10)13(19)16-8-14(2,3)9-17(4)5/h6-7H,8-9H2,1-5H3,(H,15,18)(H,16,19). The molecule has 0 saturated heterocycles. The zero-order chi connectivity index (χ0) is 14.6.